The number of H-pyrrole nitrogens is 1. The summed E-state index contributed by atoms with van der Waals surface area (Å²) in [6, 6.07) is 6.40. The number of nitrogens with two attached hydrogens (primary N) is 1. The molecule has 1 fully saturated rings. The fourth-order valence-electron chi connectivity index (χ4n) is 2.31. The molecule has 1 aromatic heterocycles. The van der Waals surface area contributed by atoms with Gasteiger partial charge in [0, 0.05) is 22.0 Å². The first-order valence-electron chi connectivity index (χ1n) is 6.18. The molecule has 0 aliphatic heterocycles. The minimum absolute atomic E-state index is 0.0688. The Labute approximate surface area is 101 Å². The molecule has 3 heteroatoms. The van der Waals surface area contributed by atoms with Crippen LogP contribution in [-0.2, 0) is 11.0 Å². The molecule has 90 valence electrons. The predicted molar refractivity (Wildman–Crippen MR) is 69.9 cm³/mol. The van der Waals surface area contributed by atoms with E-state index in [0.29, 0.717) is 0 Å². The highest BCUT2D eigenvalue weighted by Crippen LogP contribution is 2.43. The monoisotopic (exact) mass is 229 g/mol. The van der Waals surface area contributed by atoms with Gasteiger partial charge in [-0.1, -0.05) is 26.8 Å². The first kappa shape index (κ1) is 10.8. The maximum Gasteiger partial charge on any atom is 0.0924 e. The molecule has 0 radical (unpaired) electrons. The van der Waals surface area contributed by atoms with E-state index in [-0.39, 0.29) is 11.0 Å². The summed E-state index contributed by atoms with van der Waals surface area (Å²) in [5, 5.41) is 8.74. The van der Waals surface area contributed by atoms with Gasteiger partial charge in [-0.25, -0.2) is 0 Å². The lowest BCUT2D eigenvalue weighted by atomic mass is 9.89. The summed E-state index contributed by atoms with van der Waals surface area (Å²) in [6.07, 6.45) is 2.20. The van der Waals surface area contributed by atoms with Crippen LogP contribution in [0.5, 0.6) is 0 Å². The molecule has 3 rings (SSSR count). The van der Waals surface area contributed by atoms with E-state index in [1.165, 1.54) is 16.6 Å². The van der Waals surface area contributed by atoms with Crippen LogP contribution in [0.3, 0.4) is 0 Å². The minimum Gasteiger partial charge on any atom is -0.321 e. The van der Waals surface area contributed by atoms with Crippen molar-refractivity contribution in [3.05, 3.63) is 29.5 Å². The minimum atomic E-state index is -0.0688. The number of hydrogen-bond donors (Lipinski definition) is 2. The molecule has 0 spiro atoms. The van der Waals surface area contributed by atoms with Gasteiger partial charge in [0.15, 0.2) is 0 Å². The summed E-state index contributed by atoms with van der Waals surface area (Å²) in [5.74, 6) is 0. The zero-order chi connectivity index (χ0) is 12.3. The summed E-state index contributed by atoms with van der Waals surface area (Å²) in [5.41, 5.74) is 9.74. The number of fused-ring (bicyclic) bond motifs is 1. The van der Waals surface area contributed by atoms with E-state index < -0.39 is 0 Å². The molecule has 1 aliphatic carbocycles. The standard InChI is InChI=1S/C14H19N3/c1-13(2,3)12-10-8-9(14(15)6-7-14)4-5-11(10)16-17-12/h4-5,8H,6-7,15H2,1-3H3,(H,16,17). The van der Waals surface area contributed by atoms with Crippen LogP contribution in [-0.4, -0.2) is 10.2 Å². The number of aromatic amines is 1. The highest BCUT2D eigenvalue weighted by molar-refractivity contribution is 5.83. The van der Waals surface area contributed by atoms with Gasteiger partial charge in [0.1, 0.15) is 0 Å². The highest BCUT2D eigenvalue weighted by atomic mass is 15.1. The Kier molecular flexibility index (Phi) is 1.97. The van der Waals surface area contributed by atoms with E-state index in [1.807, 2.05) is 0 Å². The summed E-state index contributed by atoms with van der Waals surface area (Å²) in [7, 11) is 0. The molecular weight excluding hydrogens is 210 g/mol. The fourth-order valence-corrected chi connectivity index (χ4v) is 2.31. The predicted octanol–water partition coefficient (Wildman–Crippen LogP) is 2.81. The molecule has 0 atom stereocenters. The summed E-state index contributed by atoms with van der Waals surface area (Å²) >= 11 is 0. The molecule has 17 heavy (non-hydrogen) atoms. The van der Waals surface area contributed by atoms with Crippen LogP contribution >= 0.6 is 0 Å². The van der Waals surface area contributed by atoms with Crippen molar-refractivity contribution in [2.45, 2.75) is 44.6 Å². The smallest absolute Gasteiger partial charge is 0.0924 e. The second-order valence-corrected chi connectivity index (χ2v) is 6.24. The Balaban J connectivity index is 2.20. The van der Waals surface area contributed by atoms with Crippen LogP contribution in [0, 0.1) is 0 Å². The molecule has 0 bridgehead atoms. The molecule has 0 saturated heterocycles. The normalized spacial score (nSPS) is 18.6. The van der Waals surface area contributed by atoms with Crippen molar-refractivity contribution in [3.8, 4) is 0 Å². The molecular formula is C14H19N3. The molecule has 3 N–H and O–H groups in total. The van der Waals surface area contributed by atoms with E-state index in [4.69, 9.17) is 5.73 Å². The Bertz CT molecular complexity index is 571. The summed E-state index contributed by atoms with van der Waals surface area (Å²) < 4.78 is 0. The van der Waals surface area contributed by atoms with Gasteiger partial charge in [-0.2, -0.15) is 5.10 Å². The Morgan fingerprint density at radius 3 is 2.59 bits per heavy atom. The summed E-state index contributed by atoms with van der Waals surface area (Å²) in [6.45, 7) is 6.59. The molecule has 2 aromatic rings. The van der Waals surface area contributed by atoms with Gasteiger partial charge in [-0.15, -0.1) is 0 Å². The third-order valence-electron chi connectivity index (χ3n) is 3.67. The molecule has 1 heterocycles. The molecule has 1 aromatic carbocycles. The lowest BCUT2D eigenvalue weighted by molar-refractivity contribution is 0.571. The molecule has 1 aliphatic rings. The zero-order valence-electron chi connectivity index (χ0n) is 10.7. The Morgan fingerprint density at radius 2 is 2.00 bits per heavy atom. The Hall–Kier alpha value is -1.35. The molecule has 3 nitrogen and oxygen atoms in total. The number of aromatic nitrogens is 2. The third kappa shape index (κ3) is 1.65. The van der Waals surface area contributed by atoms with E-state index in [2.05, 4.69) is 49.2 Å². The van der Waals surface area contributed by atoms with Gasteiger partial charge >= 0.3 is 0 Å². The van der Waals surface area contributed by atoms with Gasteiger partial charge in [-0.05, 0) is 30.5 Å². The Morgan fingerprint density at radius 1 is 1.29 bits per heavy atom. The average Bonchev–Trinajstić information content (AvgIpc) is 2.85. The second kappa shape index (κ2) is 3.10. The average molecular weight is 229 g/mol. The topological polar surface area (TPSA) is 54.7 Å². The number of nitrogens with zero attached hydrogens (tertiary/aromatic N) is 1. The van der Waals surface area contributed by atoms with Gasteiger partial charge in [-0.3, -0.25) is 5.10 Å². The van der Waals surface area contributed by atoms with E-state index in [9.17, 15) is 0 Å². The van der Waals surface area contributed by atoms with Crippen LogP contribution in [0.4, 0.5) is 0 Å². The van der Waals surface area contributed by atoms with E-state index in [0.717, 1.165) is 18.4 Å². The molecule has 0 amide bonds. The van der Waals surface area contributed by atoms with Crippen molar-refractivity contribution in [2.75, 3.05) is 0 Å². The van der Waals surface area contributed by atoms with Crippen LogP contribution in [0.25, 0.3) is 10.9 Å². The van der Waals surface area contributed by atoms with Crippen LogP contribution in [0.1, 0.15) is 44.9 Å². The fraction of sp³-hybridized carbons (Fsp3) is 0.500. The number of hydrogen-bond acceptors (Lipinski definition) is 2. The van der Waals surface area contributed by atoms with Crippen molar-refractivity contribution in [2.24, 2.45) is 5.73 Å². The second-order valence-electron chi connectivity index (χ2n) is 6.24. The van der Waals surface area contributed by atoms with E-state index >= 15 is 0 Å². The van der Waals surface area contributed by atoms with Gasteiger partial charge in [0.05, 0.1) is 5.52 Å². The number of rotatable bonds is 1. The van der Waals surface area contributed by atoms with Gasteiger partial charge < -0.3 is 5.73 Å². The van der Waals surface area contributed by atoms with Crippen LogP contribution in [0.2, 0.25) is 0 Å². The van der Waals surface area contributed by atoms with Gasteiger partial charge in [0.2, 0.25) is 0 Å². The molecule has 0 unspecified atom stereocenters. The van der Waals surface area contributed by atoms with Crippen LogP contribution in [0.15, 0.2) is 18.2 Å². The van der Waals surface area contributed by atoms with Gasteiger partial charge in [0.25, 0.3) is 0 Å². The lowest BCUT2D eigenvalue weighted by Crippen LogP contribution is -2.18. The number of nitrogens with one attached hydrogen (secondary N) is 1. The third-order valence-corrected chi connectivity index (χ3v) is 3.67. The highest BCUT2D eigenvalue weighted by Gasteiger charge is 2.40. The molecule has 1 saturated carbocycles. The largest absolute Gasteiger partial charge is 0.321 e. The van der Waals surface area contributed by atoms with Crippen molar-refractivity contribution < 1.29 is 0 Å². The summed E-state index contributed by atoms with van der Waals surface area (Å²) in [4.78, 5) is 0. The first-order chi connectivity index (χ1) is 7.90. The lowest BCUT2D eigenvalue weighted by Gasteiger charge is -2.17. The SMILES string of the molecule is CC(C)(C)c1[nH]nc2ccc(C3(N)CC3)cc12. The van der Waals surface area contributed by atoms with Crippen LogP contribution < -0.4 is 5.73 Å². The quantitative estimate of drug-likeness (QED) is 0.790. The van der Waals surface area contributed by atoms with Crippen molar-refractivity contribution in [3.63, 3.8) is 0 Å². The first-order valence-corrected chi connectivity index (χ1v) is 6.18. The number of benzene rings is 1. The zero-order valence-corrected chi connectivity index (χ0v) is 10.7. The van der Waals surface area contributed by atoms with E-state index in [1.54, 1.807) is 0 Å². The maximum absolute atomic E-state index is 6.26. The van der Waals surface area contributed by atoms with Crippen molar-refractivity contribution in [1.29, 1.82) is 0 Å². The van der Waals surface area contributed by atoms with Crippen molar-refractivity contribution >= 4 is 10.9 Å². The maximum atomic E-state index is 6.26. The van der Waals surface area contributed by atoms with Crippen molar-refractivity contribution in [1.82, 2.24) is 10.2 Å².